The Kier molecular flexibility index (Phi) is 11.5. The summed E-state index contributed by atoms with van der Waals surface area (Å²) in [5.74, 6) is 0.862. The molecule has 1 heterocycles. The van der Waals surface area contributed by atoms with Crippen LogP contribution in [0.1, 0.15) is 24.0 Å². The zero-order valence-electron chi connectivity index (χ0n) is 16.5. The van der Waals surface area contributed by atoms with Gasteiger partial charge in [-0.3, -0.25) is 4.90 Å². The van der Waals surface area contributed by atoms with Crippen molar-refractivity contribution < 1.29 is 4.74 Å². The minimum Gasteiger partial charge on any atom is -0.492 e. The van der Waals surface area contributed by atoms with Crippen LogP contribution >= 0.6 is 48.8 Å². The highest BCUT2D eigenvalue weighted by molar-refractivity contribution is 6.32. The molecule has 29 heavy (non-hydrogen) atoms. The van der Waals surface area contributed by atoms with Crippen molar-refractivity contribution in [1.29, 1.82) is 0 Å². The molecule has 0 radical (unpaired) electrons. The van der Waals surface area contributed by atoms with Gasteiger partial charge in [-0.05, 0) is 61.1 Å². The minimum absolute atomic E-state index is 0. The normalized spacial score (nSPS) is 15.6. The van der Waals surface area contributed by atoms with Crippen molar-refractivity contribution >= 4 is 54.5 Å². The molecule has 0 N–H and O–H groups in total. The predicted molar refractivity (Wildman–Crippen MR) is 130 cm³/mol. The maximum atomic E-state index is 6.37. The molecule has 0 spiro atoms. The van der Waals surface area contributed by atoms with Gasteiger partial charge in [-0.1, -0.05) is 29.8 Å². The fourth-order valence-electron chi connectivity index (χ4n) is 4.02. The second kappa shape index (κ2) is 12.8. The fourth-order valence-corrected chi connectivity index (χ4v) is 4.26. The van der Waals surface area contributed by atoms with Gasteiger partial charge in [-0.15, -0.1) is 37.2 Å². The molecule has 2 aromatic rings. The van der Waals surface area contributed by atoms with E-state index < -0.39 is 0 Å². The number of rotatable bonds is 6. The summed E-state index contributed by atoms with van der Waals surface area (Å²) < 4.78 is 5.97. The van der Waals surface area contributed by atoms with Gasteiger partial charge < -0.3 is 9.64 Å². The summed E-state index contributed by atoms with van der Waals surface area (Å²) in [4.78, 5) is 5.00. The summed E-state index contributed by atoms with van der Waals surface area (Å²) in [5.41, 5.74) is 4.15. The topological polar surface area (TPSA) is 15.7 Å². The molecular formula is C22H30Cl4N2O. The number of fused-ring (bicyclic) bond motifs is 1. The largest absolute Gasteiger partial charge is 0.492 e. The van der Waals surface area contributed by atoms with Gasteiger partial charge in [0.2, 0.25) is 0 Å². The zero-order chi connectivity index (χ0) is 17.8. The van der Waals surface area contributed by atoms with E-state index >= 15 is 0 Å². The Balaban J connectivity index is 0.00000140. The van der Waals surface area contributed by atoms with E-state index in [0.29, 0.717) is 0 Å². The number of hydrogen-bond donors (Lipinski definition) is 0. The van der Waals surface area contributed by atoms with Crippen molar-refractivity contribution in [3.63, 3.8) is 0 Å². The maximum Gasteiger partial charge on any atom is 0.138 e. The van der Waals surface area contributed by atoms with Crippen LogP contribution in [0.5, 0.6) is 5.75 Å². The molecule has 1 aliphatic heterocycles. The number of benzene rings is 2. The molecule has 1 aliphatic carbocycles. The van der Waals surface area contributed by atoms with Crippen molar-refractivity contribution in [2.45, 2.75) is 25.7 Å². The first-order valence-corrected chi connectivity index (χ1v) is 10.1. The highest BCUT2D eigenvalue weighted by atomic mass is 35.5. The van der Waals surface area contributed by atoms with Crippen LogP contribution in [0.25, 0.3) is 0 Å². The molecule has 0 atom stereocenters. The number of ether oxygens (including phenoxy) is 1. The summed E-state index contributed by atoms with van der Waals surface area (Å²) in [7, 11) is 0. The molecule has 1 saturated heterocycles. The van der Waals surface area contributed by atoms with E-state index in [-0.39, 0.29) is 37.2 Å². The molecule has 3 nitrogen and oxygen atoms in total. The summed E-state index contributed by atoms with van der Waals surface area (Å²) in [6.45, 7) is 6.26. The summed E-state index contributed by atoms with van der Waals surface area (Å²) in [6.07, 6.45) is 4.60. The lowest BCUT2D eigenvalue weighted by atomic mass is 10.1. The third-order valence-electron chi connectivity index (χ3n) is 5.52. The molecule has 0 aromatic heterocycles. The lowest BCUT2D eigenvalue weighted by molar-refractivity contribution is 0.224. The first-order chi connectivity index (χ1) is 12.8. The number of anilines is 1. The van der Waals surface area contributed by atoms with Crippen LogP contribution in [0.15, 0.2) is 42.5 Å². The monoisotopic (exact) mass is 478 g/mol. The quantitative estimate of drug-likeness (QED) is 0.495. The van der Waals surface area contributed by atoms with Crippen molar-refractivity contribution in [2.75, 3.05) is 44.2 Å². The van der Waals surface area contributed by atoms with E-state index in [0.717, 1.165) is 69.4 Å². The van der Waals surface area contributed by atoms with Gasteiger partial charge in [0.05, 0.1) is 11.6 Å². The summed E-state index contributed by atoms with van der Waals surface area (Å²) in [6, 6.07) is 15.0. The zero-order valence-corrected chi connectivity index (χ0v) is 19.7. The molecule has 7 heteroatoms. The Morgan fingerprint density at radius 2 is 1.52 bits per heavy atom. The highest BCUT2D eigenvalue weighted by Crippen LogP contribution is 2.33. The van der Waals surface area contributed by atoms with Gasteiger partial charge in [0.1, 0.15) is 5.75 Å². The van der Waals surface area contributed by atoms with Gasteiger partial charge in [-0.2, -0.15) is 0 Å². The van der Waals surface area contributed by atoms with Crippen molar-refractivity contribution in [1.82, 2.24) is 4.90 Å². The number of para-hydroxylation sites is 1. The van der Waals surface area contributed by atoms with Gasteiger partial charge in [-0.25, -0.2) is 0 Å². The van der Waals surface area contributed by atoms with Crippen LogP contribution in [-0.2, 0) is 12.8 Å². The average molecular weight is 480 g/mol. The van der Waals surface area contributed by atoms with Crippen LogP contribution in [0, 0.1) is 0 Å². The first-order valence-electron chi connectivity index (χ1n) is 9.76. The Morgan fingerprint density at radius 1 is 0.862 bits per heavy atom. The summed E-state index contributed by atoms with van der Waals surface area (Å²) in [5, 5.41) is 0.766. The van der Waals surface area contributed by atoms with Crippen LogP contribution in [0.2, 0.25) is 5.02 Å². The number of hydrogen-bond acceptors (Lipinski definition) is 3. The Morgan fingerprint density at radius 3 is 2.21 bits per heavy atom. The molecule has 162 valence electrons. The second-order valence-corrected chi connectivity index (χ2v) is 7.68. The van der Waals surface area contributed by atoms with E-state index in [2.05, 4.69) is 52.3 Å². The van der Waals surface area contributed by atoms with E-state index in [9.17, 15) is 0 Å². The molecule has 1 fully saturated rings. The minimum atomic E-state index is 0. The van der Waals surface area contributed by atoms with Crippen LogP contribution in [0.3, 0.4) is 0 Å². The Bertz CT molecular complexity index is 737. The van der Waals surface area contributed by atoms with Crippen LogP contribution in [0.4, 0.5) is 5.69 Å². The molecule has 0 saturated carbocycles. The van der Waals surface area contributed by atoms with E-state index in [1.54, 1.807) is 0 Å². The van der Waals surface area contributed by atoms with Crippen molar-refractivity contribution in [3.05, 3.63) is 58.6 Å². The van der Waals surface area contributed by atoms with Crippen LogP contribution in [-0.4, -0.2) is 44.2 Å². The number of piperazine rings is 1. The van der Waals surface area contributed by atoms with Gasteiger partial charge >= 0.3 is 0 Å². The second-order valence-electron chi connectivity index (χ2n) is 7.27. The third kappa shape index (κ3) is 6.83. The average Bonchev–Trinajstić information content (AvgIpc) is 3.13. The molecule has 2 aromatic carbocycles. The molecule has 0 amide bonds. The molecule has 4 rings (SSSR count). The Hall–Kier alpha value is -0.840. The lowest BCUT2D eigenvalue weighted by Crippen LogP contribution is -2.46. The van der Waals surface area contributed by atoms with E-state index in [1.165, 1.54) is 23.2 Å². The molecular weight excluding hydrogens is 450 g/mol. The molecule has 2 aliphatic rings. The smallest absolute Gasteiger partial charge is 0.138 e. The maximum absolute atomic E-state index is 6.37. The van der Waals surface area contributed by atoms with Gasteiger partial charge in [0, 0.05) is 38.4 Å². The van der Waals surface area contributed by atoms with Gasteiger partial charge in [0.25, 0.3) is 0 Å². The number of halogens is 4. The van der Waals surface area contributed by atoms with Crippen molar-refractivity contribution in [2.24, 2.45) is 0 Å². The lowest BCUT2D eigenvalue weighted by Gasteiger charge is -2.36. The summed E-state index contributed by atoms with van der Waals surface area (Å²) >= 11 is 6.37. The van der Waals surface area contributed by atoms with Crippen LogP contribution < -0.4 is 9.64 Å². The Labute approximate surface area is 198 Å². The molecule has 0 bridgehead atoms. The predicted octanol–water partition coefficient (Wildman–Crippen LogP) is 5.69. The van der Waals surface area contributed by atoms with Gasteiger partial charge in [0.15, 0.2) is 0 Å². The van der Waals surface area contributed by atoms with E-state index in [4.69, 9.17) is 16.3 Å². The third-order valence-corrected chi connectivity index (χ3v) is 5.81. The number of nitrogens with zero attached hydrogens (tertiary/aromatic N) is 2. The fraction of sp³-hybridized carbons (Fsp3) is 0.455. The highest BCUT2D eigenvalue weighted by Gasteiger charge is 2.17. The first kappa shape index (κ1) is 26.2. The van der Waals surface area contributed by atoms with Crippen molar-refractivity contribution in [3.8, 4) is 5.75 Å². The standard InChI is InChI=1S/C22H27ClN2O.3ClH/c23-21-16-18-6-4-7-19(18)17-22(21)26-15-5-10-24-11-13-25(14-12-24)20-8-2-1-3-9-20;;;/h1-3,8-9,16-17H,4-7,10-15H2;3*1H. The SMILES string of the molecule is Cl.Cl.Cl.Clc1cc2c(cc1OCCCN1CCN(c3ccccc3)CC1)CCC2. The van der Waals surface area contributed by atoms with E-state index in [1.807, 2.05) is 0 Å². The molecule has 0 unspecified atom stereocenters. The number of aryl methyl sites for hydroxylation is 2.